The topological polar surface area (TPSA) is 65.0 Å². The molecule has 0 saturated carbocycles. The molecule has 1 aromatic carbocycles. The van der Waals surface area contributed by atoms with Crippen LogP contribution in [0.3, 0.4) is 0 Å². The number of nitrogens with zero attached hydrogens (tertiary/aromatic N) is 1. The van der Waals surface area contributed by atoms with Crippen LogP contribution in [0.4, 0.5) is 5.69 Å². The van der Waals surface area contributed by atoms with Crippen LogP contribution >= 0.6 is 0 Å². The normalized spacial score (nSPS) is 16.9. The number of hydrogen-bond donors (Lipinski definition) is 3. The van der Waals surface area contributed by atoms with Crippen LogP contribution in [0.1, 0.15) is 18.4 Å². The fourth-order valence-corrected chi connectivity index (χ4v) is 2.72. The highest BCUT2D eigenvalue weighted by Gasteiger charge is 2.14. The first-order chi connectivity index (χ1) is 10.2. The van der Waals surface area contributed by atoms with Gasteiger partial charge in [0, 0.05) is 13.1 Å². The Morgan fingerprint density at radius 1 is 1.33 bits per heavy atom. The predicted octanol–water partition coefficient (Wildman–Crippen LogP) is 1.10. The molecule has 1 unspecified atom stereocenters. The molecule has 0 bridgehead atoms. The summed E-state index contributed by atoms with van der Waals surface area (Å²) in [5.41, 5.74) is 2.11. The van der Waals surface area contributed by atoms with Crippen molar-refractivity contribution >= 4 is 5.69 Å². The van der Waals surface area contributed by atoms with Crippen LogP contribution in [0.15, 0.2) is 18.2 Å². The standard InChI is InChI=1S/C16H26N2O3/c1-21-15-6-4-5-13(7-10-18-8-2-3-9-18)16(15)17-11-14(20)12-19/h4-6,14,17,19-20H,2-3,7-12H2,1H3. The lowest BCUT2D eigenvalue weighted by Gasteiger charge is -2.19. The molecular weight excluding hydrogens is 268 g/mol. The second-order valence-electron chi connectivity index (χ2n) is 5.51. The van der Waals surface area contributed by atoms with Gasteiger partial charge < -0.3 is 25.2 Å². The van der Waals surface area contributed by atoms with Crippen molar-refractivity contribution in [2.45, 2.75) is 25.4 Å². The van der Waals surface area contributed by atoms with Crippen molar-refractivity contribution in [1.29, 1.82) is 0 Å². The summed E-state index contributed by atoms with van der Waals surface area (Å²) < 4.78 is 5.40. The zero-order valence-corrected chi connectivity index (χ0v) is 12.7. The van der Waals surface area contributed by atoms with Crippen LogP contribution in [-0.2, 0) is 6.42 Å². The van der Waals surface area contributed by atoms with Crippen LogP contribution in [0.25, 0.3) is 0 Å². The average molecular weight is 294 g/mol. The number of ether oxygens (including phenoxy) is 1. The number of aliphatic hydroxyl groups is 2. The number of aliphatic hydroxyl groups excluding tert-OH is 2. The first-order valence-electron chi connectivity index (χ1n) is 7.65. The van der Waals surface area contributed by atoms with E-state index in [9.17, 15) is 5.11 Å². The number of benzene rings is 1. The molecule has 3 N–H and O–H groups in total. The van der Waals surface area contributed by atoms with Crippen LogP contribution in [0.2, 0.25) is 0 Å². The maximum atomic E-state index is 9.51. The molecule has 0 aromatic heterocycles. The zero-order chi connectivity index (χ0) is 15.1. The maximum Gasteiger partial charge on any atom is 0.142 e. The van der Waals surface area contributed by atoms with E-state index in [-0.39, 0.29) is 6.61 Å². The molecule has 0 spiro atoms. The molecule has 1 atom stereocenters. The van der Waals surface area contributed by atoms with E-state index in [0.29, 0.717) is 6.54 Å². The van der Waals surface area contributed by atoms with Gasteiger partial charge in [0.25, 0.3) is 0 Å². The molecule has 21 heavy (non-hydrogen) atoms. The molecule has 1 aliphatic heterocycles. The minimum atomic E-state index is -0.763. The van der Waals surface area contributed by atoms with Crippen molar-refractivity contribution < 1.29 is 14.9 Å². The Morgan fingerprint density at radius 2 is 2.10 bits per heavy atom. The Hall–Kier alpha value is -1.30. The van der Waals surface area contributed by atoms with Gasteiger partial charge in [0.05, 0.1) is 25.5 Å². The number of anilines is 1. The number of nitrogens with one attached hydrogen (secondary N) is 1. The molecule has 1 heterocycles. The lowest BCUT2D eigenvalue weighted by Crippen LogP contribution is -2.25. The number of likely N-dealkylation sites (tertiary alicyclic amines) is 1. The molecule has 1 fully saturated rings. The van der Waals surface area contributed by atoms with E-state index in [1.807, 2.05) is 12.1 Å². The summed E-state index contributed by atoms with van der Waals surface area (Å²) in [6.07, 6.45) is 2.79. The highest BCUT2D eigenvalue weighted by Crippen LogP contribution is 2.29. The van der Waals surface area contributed by atoms with E-state index in [4.69, 9.17) is 9.84 Å². The minimum Gasteiger partial charge on any atom is -0.495 e. The van der Waals surface area contributed by atoms with Crippen molar-refractivity contribution in [2.75, 3.05) is 45.2 Å². The number of para-hydroxylation sites is 1. The van der Waals surface area contributed by atoms with Crippen molar-refractivity contribution in [3.05, 3.63) is 23.8 Å². The zero-order valence-electron chi connectivity index (χ0n) is 12.7. The molecule has 0 amide bonds. The third-order valence-corrected chi connectivity index (χ3v) is 3.95. The van der Waals surface area contributed by atoms with E-state index >= 15 is 0 Å². The quantitative estimate of drug-likeness (QED) is 0.670. The predicted molar refractivity (Wildman–Crippen MR) is 84.0 cm³/mol. The van der Waals surface area contributed by atoms with Gasteiger partial charge in [-0.1, -0.05) is 12.1 Å². The first-order valence-corrected chi connectivity index (χ1v) is 7.65. The van der Waals surface area contributed by atoms with Gasteiger partial charge in [0.15, 0.2) is 0 Å². The molecule has 0 radical (unpaired) electrons. The first kappa shape index (κ1) is 16.1. The lowest BCUT2D eigenvalue weighted by atomic mass is 10.1. The summed E-state index contributed by atoms with van der Waals surface area (Å²) >= 11 is 0. The van der Waals surface area contributed by atoms with Gasteiger partial charge >= 0.3 is 0 Å². The van der Waals surface area contributed by atoms with Crippen molar-refractivity contribution in [3.63, 3.8) is 0 Å². The van der Waals surface area contributed by atoms with E-state index in [2.05, 4.69) is 16.3 Å². The summed E-state index contributed by atoms with van der Waals surface area (Å²) in [5, 5.41) is 21.6. The summed E-state index contributed by atoms with van der Waals surface area (Å²) in [7, 11) is 1.65. The Labute approximate surface area is 126 Å². The third kappa shape index (κ3) is 4.59. The van der Waals surface area contributed by atoms with E-state index in [1.165, 1.54) is 31.5 Å². The summed E-state index contributed by atoms with van der Waals surface area (Å²) in [6, 6.07) is 5.99. The molecule has 1 aliphatic rings. The molecule has 2 rings (SSSR count). The van der Waals surface area contributed by atoms with Gasteiger partial charge in [0.1, 0.15) is 5.75 Å². The summed E-state index contributed by atoms with van der Waals surface area (Å²) in [5.74, 6) is 0.777. The Bertz CT molecular complexity index is 434. The number of rotatable bonds is 8. The number of hydrogen-bond acceptors (Lipinski definition) is 5. The van der Waals surface area contributed by atoms with E-state index in [0.717, 1.165) is 24.4 Å². The monoisotopic (exact) mass is 294 g/mol. The largest absolute Gasteiger partial charge is 0.495 e. The van der Waals surface area contributed by atoms with Gasteiger partial charge in [0.2, 0.25) is 0 Å². The molecule has 118 valence electrons. The second kappa shape index (κ2) is 8.22. The summed E-state index contributed by atoms with van der Waals surface area (Å²) in [4.78, 5) is 2.48. The highest BCUT2D eigenvalue weighted by atomic mass is 16.5. The molecule has 5 heteroatoms. The Balaban J connectivity index is 2.03. The average Bonchev–Trinajstić information content (AvgIpc) is 3.03. The molecule has 1 saturated heterocycles. The Kier molecular flexibility index (Phi) is 6.29. The van der Waals surface area contributed by atoms with Gasteiger partial charge in [-0.15, -0.1) is 0 Å². The van der Waals surface area contributed by atoms with E-state index < -0.39 is 6.10 Å². The van der Waals surface area contributed by atoms with Crippen LogP contribution in [0, 0.1) is 0 Å². The van der Waals surface area contributed by atoms with Crippen LogP contribution in [-0.4, -0.2) is 61.1 Å². The molecule has 0 aliphatic carbocycles. The fraction of sp³-hybridized carbons (Fsp3) is 0.625. The third-order valence-electron chi connectivity index (χ3n) is 3.95. The second-order valence-corrected chi connectivity index (χ2v) is 5.51. The molecule has 1 aromatic rings. The van der Waals surface area contributed by atoms with Crippen molar-refractivity contribution in [3.8, 4) is 5.75 Å². The fourth-order valence-electron chi connectivity index (χ4n) is 2.72. The van der Waals surface area contributed by atoms with E-state index in [1.54, 1.807) is 7.11 Å². The van der Waals surface area contributed by atoms with Gasteiger partial charge in [-0.05, 0) is 44.0 Å². The SMILES string of the molecule is COc1cccc(CCN2CCCC2)c1NCC(O)CO. The minimum absolute atomic E-state index is 0.245. The van der Waals surface area contributed by atoms with Crippen molar-refractivity contribution in [1.82, 2.24) is 4.90 Å². The summed E-state index contributed by atoms with van der Waals surface area (Å²) in [6.45, 7) is 3.50. The maximum absolute atomic E-state index is 9.51. The van der Waals surface area contributed by atoms with Crippen molar-refractivity contribution in [2.24, 2.45) is 0 Å². The molecular formula is C16H26N2O3. The smallest absolute Gasteiger partial charge is 0.142 e. The Morgan fingerprint density at radius 3 is 2.76 bits per heavy atom. The highest BCUT2D eigenvalue weighted by molar-refractivity contribution is 5.62. The van der Waals surface area contributed by atoms with Crippen LogP contribution in [0.5, 0.6) is 5.75 Å². The van der Waals surface area contributed by atoms with Gasteiger partial charge in [-0.2, -0.15) is 0 Å². The van der Waals surface area contributed by atoms with Gasteiger partial charge in [-0.3, -0.25) is 0 Å². The van der Waals surface area contributed by atoms with Gasteiger partial charge in [-0.25, -0.2) is 0 Å². The molecule has 5 nitrogen and oxygen atoms in total. The van der Waals surface area contributed by atoms with Crippen LogP contribution < -0.4 is 10.1 Å². The lowest BCUT2D eigenvalue weighted by molar-refractivity contribution is 0.105. The number of methoxy groups -OCH3 is 1.